The fourth-order valence-corrected chi connectivity index (χ4v) is 2.48. The molecular formula is C15H20O4. The van der Waals surface area contributed by atoms with Crippen LogP contribution in [0.15, 0.2) is 12.1 Å². The number of carbonyl (C=O) groups excluding carboxylic acids is 1. The van der Waals surface area contributed by atoms with Crippen LogP contribution in [0.1, 0.15) is 30.9 Å². The molecule has 0 aliphatic carbocycles. The van der Waals surface area contributed by atoms with E-state index in [0.29, 0.717) is 0 Å². The fourth-order valence-electron chi connectivity index (χ4n) is 2.48. The lowest BCUT2D eigenvalue weighted by atomic mass is 9.89. The molecule has 19 heavy (non-hydrogen) atoms. The third kappa shape index (κ3) is 2.83. The third-order valence-electron chi connectivity index (χ3n) is 3.54. The van der Waals surface area contributed by atoms with Gasteiger partial charge in [0.2, 0.25) is 0 Å². The maximum atomic E-state index is 11.5. The van der Waals surface area contributed by atoms with Crippen LogP contribution in [0.4, 0.5) is 0 Å². The van der Waals surface area contributed by atoms with Gasteiger partial charge < -0.3 is 14.2 Å². The van der Waals surface area contributed by atoms with E-state index in [2.05, 4.69) is 0 Å². The molecule has 0 spiro atoms. The van der Waals surface area contributed by atoms with E-state index in [4.69, 9.17) is 14.2 Å². The van der Waals surface area contributed by atoms with Crippen LogP contribution in [0, 0.1) is 6.92 Å². The molecule has 0 fully saturated rings. The smallest absolute Gasteiger partial charge is 0.309 e. The molecule has 4 heteroatoms. The van der Waals surface area contributed by atoms with Crippen molar-refractivity contribution in [1.82, 2.24) is 0 Å². The summed E-state index contributed by atoms with van der Waals surface area (Å²) in [5, 5.41) is 0. The number of benzene rings is 1. The zero-order valence-corrected chi connectivity index (χ0v) is 11.9. The van der Waals surface area contributed by atoms with E-state index in [-0.39, 0.29) is 12.4 Å². The van der Waals surface area contributed by atoms with Crippen molar-refractivity contribution in [2.75, 3.05) is 14.2 Å². The van der Waals surface area contributed by atoms with Crippen molar-refractivity contribution in [1.29, 1.82) is 0 Å². The van der Waals surface area contributed by atoms with Crippen molar-refractivity contribution in [3.8, 4) is 11.5 Å². The number of fused-ring (bicyclic) bond motifs is 1. The van der Waals surface area contributed by atoms with Crippen LogP contribution in [-0.4, -0.2) is 25.8 Å². The van der Waals surface area contributed by atoms with Gasteiger partial charge in [0.25, 0.3) is 0 Å². The van der Waals surface area contributed by atoms with E-state index in [1.165, 1.54) is 7.11 Å². The lowest BCUT2D eigenvalue weighted by molar-refractivity contribution is -0.145. The van der Waals surface area contributed by atoms with Crippen LogP contribution in [0.5, 0.6) is 11.5 Å². The van der Waals surface area contributed by atoms with E-state index in [9.17, 15) is 4.79 Å². The van der Waals surface area contributed by atoms with Gasteiger partial charge in [-0.1, -0.05) is 0 Å². The highest BCUT2D eigenvalue weighted by atomic mass is 16.5. The average molecular weight is 264 g/mol. The van der Waals surface area contributed by atoms with Gasteiger partial charge in [0, 0.05) is 5.56 Å². The number of carbonyl (C=O) groups is 1. The summed E-state index contributed by atoms with van der Waals surface area (Å²) in [4.78, 5) is 11.5. The zero-order chi connectivity index (χ0) is 14.0. The second-order valence-corrected chi connectivity index (χ2v) is 5.25. The van der Waals surface area contributed by atoms with Gasteiger partial charge in [0.15, 0.2) is 0 Å². The minimum Gasteiger partial charge on any atom is -0.496 e. The Bertz CT molecular complexity index is 495. The molecule has 0 unspecified atom stereocenters. The molecule has 4 nitrogen and oxygen atoms in total. The Balaban J connectivity index is 2.28. The first-order valence-corrected chi connectivity index (χ1v) is 6.41. The Morgan fingerprint density at radius 2 is 2.16 bits per heavy atom. The largest absolute Gasteiger partial charge is 0.496 e. The van der Waals surface area contributed by atoms with Crippen molar-refractivity contribution < 1.29 is 19.0 Å². The van der Waals surface area contributed by atoms with Crippen LogP contribution < -0.4 is 9.47 Å². The number of rotatable bonds is 3. The van der Waals surface area contributed by atoms with E-state index < -0.39 is 5.60 Å². The van der Waals surface area contributed by atoms with Crippen LogP contribution in [0.25, 0.3) is 0 Å². The number of esters is 1. The molecule has 0 aromatic heterocycles. The predicted octanol–water partition coefficient (Wildman–Crippen LogP) is 2.65. The van der Waals surface area contributed by atoms with Crippen molar-refractivity contribution in [3.63, 3.8) is 0 Å². The van der Waals surface area contributed by atoms with E-state index in [0.717, 1.165) is 35.5 Å². The molecule has 0 radical (unpaired) electrons. The van der Waals surface area contributed by atoms with Gasteiger partial charge >= 0.3 is 5.97 Å². The van der Waals surface area contributed by atoms with Gasteiger partial charge in [-0.3, -0.25) is 4.79 Å². The van der Waals surface area contributed by atoms with Crippen LogP contribution in [0.2, 0.25) is 0 Å². The predicted molar refractivity (Wildman–Crippen MR) is 71.7 cm³/mol. The number of methoxy groups -OCH3 is 2. The molecule has 2 rings (SSSR count). The monoisotopic (exact) mass is 264 g/mol. The first kappa shape index (κ1) is 13.7. The summed E-state index contributed by atoms with van der Waals surface area (Å²) in [6, 6.07) is 4.00. The number of ether oxygens (including phenoxy) is 3. The molecule has 0 bridgehead atoms. The Labute approximate surface area is 113 Å². The topological polar surface area (TPSA) is 44.8 Å². The molecule has 1 aromatic carbocycles. The first-order chi connectivity index (χ1) is 8.97. The second kappa shape index (κ2) is 5.11. The maximum Gasteiger partial charge on any atom is 0.309 e. The van der Waals surface area contributed by atoms with Crippen LogP contribution in [-0.2, 0) is 16.0 Å². The summed E-state index contributed by atoms with van der Waals surface area (Å²) in [7, 11) is 3.06. The van der Waals surface area contributed by atoms with Crippen LogP contribution in [0.3, 0.4) is 0 Å². The first-order valence-electron chi connectivity index (χ1n) is 6.41. The molecule has 1 aliphatic heterocycles. The third-order valence-corrected chi connectivity index (χ3v) is 3.54. The fraction of sp³-hybridized carbons (Fsp3) is 0.533. The average Bonchev–Trinajstić information content (AvgIpc) is 2.36. The van der Waals surface area contributed by atoms with Gasteiger partial charge in [-0.05, 0) is 44.4 Å². The Morgan fingerprint density at radius 3 is 2.79 bits per heavy atom. The van der Waals surface area contributed by atoms with Gasteiger partial charge in [0.1, 0.15) is 17.1 Å². The summed E-state index contributed by atoms with van der Waals surface area (Å²) in [6.07, 6.45) is 1.87. The van der Waals surface area contributed by atoms with E-state index in [1.54, 1.807) is 7.11 Å². The Kier molecular flexibility index (Phi) is 3.69. The molecule has 0 saturated heterocycles. The standard InChI is InChI=1S/C15H20O4/c1-10-7-12(17-3)11-5-6-15(2,9-14(16)18-4)19-13(11)8-10/h7-8H,5-6,9H2,1-4H3/t15-/m0/s1. The molecule has 0 N–H and O–H groups in total. The maximum absolute atomic E-state index is 11.5. The SMILES string of the molecule is COC(=O)C[C@]1(C)CCc2c(OC)cc(C)cc2O1. The van der Waals surface area contributed by atoms with E-state index >= 15 is 0 Å². The molecule has 0 amide bonds. The normalized spacial score (nSPS) is 21.3. The highest BCUT2D eigenvalue weighted by Gasteiger charge is 2.35. The number of hydrogen-bond acceptors (Lipinski definition) is 4. The lowest BCUT2D eigenvalue weighted by Gasteiger charge is -2.35. The van der Waals surface area contributed by atoms with Crippen molar-refractivity contribution in [3.05, 3.63) is 23.3 Å². The summed E-state index contributed by atoms with van der Waals surface area (Å²) in [6.45, 7) is 3.94. The number of aryl methyl sites for hydroxylation is 1. The summed E-state index contributed by atoms with van der Waals surface area (Å²) in [5.74, 6) is 1.43. The molecule has 0 saturated carbocycles. The Morgan fingerprint density at radius 1 is 1.42 bits per heavy atom. The molecule has 104 valence electrons. The van der Waals surface area contributed by atoms with Gasteiger partial charge in [-0.25, -0.2) is 0 Å². The Hall–Kier alpha value is -1.71. The van der Waals surface area contributed by atoms with E-state index in [1.807, 2.05) is 26.0 Å². The molecule has 1 aliphatic rings. The summed E-state index contributed by atoms with van der Waals surface area (Å²) < 4.78 is 16.2. The summed E-state index contributed by atoms with van der Waals surface area (Å²) in [5.41, 5.74) is 1.66. The van der Waals surface area contributed by atoms with Gasteiger partial charge in [-0.15, -0.1) is 0 Å². The number of hydrogen-bond donors (Lipinski definition) is 0. The minimum absolute atomic E-state index is 0.245. The molecule has 1 aromatic rings. The quantitative estimate of drug-likeness (QED) is 0.787. The highest BCUT2D eigenvalue weighted by molar-refractivity contribution is 5.70. The van der Waals surface area contributed by atoms with Gasteiger partial charge in [0.05, 0.1) is 20.6 Å². The van der Waals surface area contributed by atoms with Gasteiger partial charge in [-0.2, -0.15) is 0 Å². The van der Waals surface area contributed by atoms with Crippen molar-refractivity contribution in [2.24, 2.45) is 0 Å². The molecule has 1 atom stereocenters. The summed E-state index contributed by atoms with van der Waals surface area (Å²) >= 11 is 0. The highest BCUT2D eigenvalue weighted by Crippen LogP contribution is 2.40. The van der Waals surface area contributed by atoms with Crippen molar-refractivity contribution >= 4 is 5.97 Å². The molecular weight excluding hydrogens is 244 g/mol. The van der Waals surface area contributed by atoms with Crippen LogP contribution >= 0.6 is 0 Å². The lowest BCUT2D eigenvalue weighted by Crippen LogP contribution is -2.39. The van der Waals surface area contributed by atoms with Crippen molar-refractivity contribution in [2.45, 2.75) is 38.7 Å². The molecule has 1 heterocycles. The second-order valence-electron chi connectivity index (χ2n) is 5.25. The minimum atomic E-state index is -0.501. The zero-order valence-electron chi connectivity index (χ0n) is 11.9.